The van der Waals surface area contributed by atoms with E-state index in [-0.39, 0.29) is 5.97 Å². The van der Waals surface area contributed by atoms with Crippen LogP contribution in [-0.2, 0) is 9.53 Å². The Morgan fingerprint density at radius 3 is 3.08 bits per heavy atom. The van der Waals surface area contributed by atoms with E-state index in [1.807, 2.05) is 0 Å². The molecule has 1 aliphatic heterocycles. The zero-order valence-corrected chi connectivity index (χ0v) is 8.34. The van der Waals surface area contributed by atoms with E-state index in [0.29, 0.717) is 12.3 Å². The molecule has 0 radical (unpaired) electrons. The largest absolute Gasteiger partial charge is 0.469 e. The van der Waals surface area contributed by atoms with Crippen LogP contribution in [0.4, 0.5) is 0 Å². The first-order chi connectivity index (χ1) is 6.33. The Bertz CT molecular complexity index is 151. The highest BCUT2D eigenvalue weighted by molar-refractivity contribution is 5.69. The minimum absolute atomic E-state index is 0.0720. The van der Waals surface area contributed by atoms with Gasteiger partial charge in [-0.2, -0.15) is 0 Å². The summed E-state index contributed by atoms with van der Waals surface area (Å²) in [7, 11) is 1.46. The lowest BCUT2D eigenvalue weighted by atomic mass is 9.95. The number of ether oxygens (including phenoxy) is 1. The highest BCUT2D eigenvalue weighted by Gasteiger charge is 2.13. The quantitative estimate of drug-likeness (QED) is 0.674. The van der Waals surface area contributed by atoms with Crippen LogP contribution in [0.1, 0.15) is 32.1 Å². The summed E-state index contributed by atoms with van der Waals surface area (Å²) in [6, 6.07) is 0. The molecule has 1 rings (SSSR count). The summed E-state index contributed by atoms with van der Waals surface area (Å²) >= 11 is 0. The van der Waals surface area contributed by atoms with Crippen LogP contribution < -0.4 is 5.32 Å². The van der Waals surface area contributed by atoms with Crippen molar-refractivity contribution in [2.24, 2.45) is 5.92 Å². The van der Waals surface area contributed by atoms with Gasteiger partial charge in [0.15, 0.2) is 0 Å². The number of hydrogen-bond acceptors (Lipinski definition) is 3. The van der Waals surface area contributed by atoms with E-state index in [4.69, 9.17) is 0 Å². The van der Waals surface area contributed by atoms with Gasteiger partial charge in [-0.1, -0.05) is 0 Å². The van der Waals surface area contributed by atoms with Crippen LogP contribution in [0.2, 0.25) is 0 Å². The number of nitrogens with one attached hydrogen (secondary N) is 1. The summed E-state index contributed by atoms with van der Waals surface area (Å²) in [5.41, 5.74) is 0. The molecule has 13 heavy (non-hydrogen) atoms. The van der Waals surface area contributed by atoms with Crippen molar-refractivity contribution in [3.05, 3.63) is 0 Å². The SMILES string of the molecule is COC(=O)CCC1CCCNCC1. The zero-order valence-electron chi connectivity index (χ0n) is 8.34. The molecule has 1 saturated heterocycles. The van der Waals surface area contributed by atoms with Crippen molar-refractivity contribution in [3.8, 4) is 0 Å². The number of esters is 1. The number of hydrogen-bond donors (Lipinski definition) is 1. The summed E-state index contributed by atoms with van der Waals surface area (Å²) in [5, 5.41) is 3.36. The summed E-state index contributed by atoms with van der Waals surface area (Å²) in [4.78, 5) is 10.9. The van der Waals surface area contributed by atoms with Gasteiger partial charge in [0, 0.05) is 6.42 Å². The van der Waals surface area contributed by atoms with Gasteiger partial charge >= 0.3 is 5.97 Å². The highest BCUT2D eigenvalue weighted by atomic mass is 16.5. The van der Waals surface area contributed by atoms with Crippen molar-refractivity contribution in [1.29, 1.82) is 0 Å². The van der Waals surface area contributed by atoms with Gasteiger partial charge < -0.3 is 10.1 Å². The molecule has 1 atom stereocenters. The van der Waals surface area contributed by atoms with E-state index in [1.165, 1.54) is 26.4 Å². The van der Waals surface area contributed by atoms with Crippen LogP contribution in [0.25, 0.3) is 0 Å². The normalized spacial score (nSPS) is 23.6. The van der Waals surface area contributed by atoms with Gasteiger partial charge in [-0.3, -0.25) is 4.79 Å². The maximum absolute atomic E-state index is 10.9. The minimum Gasteiger partial charge on any atom is -0.469 e. The summed E-state index contributed by atoms with van der Waals surface area (Å²) in [6.45, 7) is 2.24. The Morgan fingerprint density at radius 1 is 1.46 bits per heavy atom. The second-order valence-corrected chi connectivity index (χ2v) is 3.66. The molecule has 0 bridgehead atoms. The predicted octanol–water partition coefficient (Wildman–Crippen LogP) is 1.33. The number of carbonyl (C=O) groups excluding carboxylic acids is 1. The fraction of sp³-hybridized carbons (Fsp3) is 0.900. The van der Waals surface area contributed by atoms with Crippen molar-refractivity contribution in [2.75, 3.05) is 20.2 Å². The van der Waals surface area contributed by atoms with Gasteiger partial charge in [0.1, 0.15) is 0 Å². The van der Waals surface area contributed by atoms with E-state index >= 15 is 0 Å². The first-order valence-electron chi connectivity index (χ1n) is 5.10. The lowest BCUT2D eigenvalue weighted by molar-refractivity contribution is -0.140. The molecule has 0 saturated carbocycles. The highest BCUT2D eigenvalue weighted by Crippen LogP contribution is 2.19. The lowest BCUT2D eigenvalue weighted by Crippen LogP contribution is -2.14. The van der Waals surface area contributed by atoms with Gasteiger partial charge in [0.25, 0.3) is 0 Å². The molecule has 0 amide bonds. The fourth-order valence-corrected chi connectivity index (χ4v) is 1.80. The van der Waals surface area contributed by atoms with Gasteiger partial charge in [0.2, 0.25) is 0 Å². The topological polar surface area (TPSA) is 38.3 Å². The third-order valence-electron chi connectivity index (χ3n) is 2.68. The summed E-state index contributed by atoms with van der Waals surface area (Å²) < 4.78 is 4.62. The van der Waals surface area contributed by atoms with Crippen molar-refractivity contribution < 1.29 is 9.53 Å². The van der Waals surface area contributed by atoms with E-state index in [1.54, 1.807) is 0 Å². The third kappa shape index (κ3) is 4.27. The Morgan fingerprint density at radius 2 is 2.31 bits per heavy atom. The Hall–Kier alpha value is -0.570. The minimum atomic E-state index is -0.0720. The van der Waals surface area contributed by atoms with Gasteiger partial charge in [-0.25, -0.2) is 0 Å². The van der Waals surface area contributed by atoms with Gasteiger partial charge in [-0.05, 0) is 44.7 Å². The van der Waals surface area contributed by atoms with Crippen LogP contribution in [0, 0.1) is 5.92 Å². The van der Waals surface area contributed by atoms with E-state index < -0.39 is 0 Å². The van der Waals surface area contributed by atoms with Crippen LogP contribution in [-0.4, -0.2) is 26.2 Å². The van der Waals surface area contributed by atoms with E-state index in [0.717, 1.165) is 19.5 Å². The smallest absolute Gasteiger partial charge is 0.305 e. The van der Waals surface area contributed by atoms with E-state index in [9.17, 15) is 4.79 Å². The number of carbonyl (C=O) groups is 1. The molecule has 1 heterocycles. The first kappa shape index (κ1) is 10.5. The van der Waals surface area contributed by atoms with Gasteiger partial charge in [-0.15, -0.1) is 0 Å². The molecule has 0 spiro atoms. The molecule has 1 N–H and O–H groups in total. The molecule has 1 unspecified atom stereocenters. The van der Waals surface area contributed by atoms with E-state index in [2.05, 4.69) is 10.1 Å². The molecular weight excluding hydrogens is 166 g/mol. The second kappa shape index (κ2) is 5.97. The number of methoxy groups -OCH3 is 1. The zero-order chi connectivity index (χ0) is 9.52. The molecule has 3 nitrogen and oxygen atoms in total. The molecule has 3 heteroatoms. The van der Waals surface area contributed by atoms with Crippen LogP contribution in [0.3, 0.4) is 0 Å². The van der Waals surface area contributed by atoms with Gasteiger partial charge in [0.05, 0.1) is 7.11 Å². The standard InChI is InChI=1S/C10H19NO2/c1-13-10(12)5-4-9-3-2-7-11-8-6-9/h9,11H,2-8H2,1H3. The van der Waals surface area contributed by atoms with Crippen molar-refractivity contribution in [3.63, 3.8) is 0 Å². The van der Waals surface area contributed by atoms with Crippen molar-refractivity contribution in [1.82, 2.24) is 5.32 Å². The maximum Gasteiger partial charge on any atom is 0.305 e. The second-order valence-electron chi connectivity index (χ2n) is 3.66. The Balaban J connectivity index is 2.15. The maximum atomic E-state index is 10.9. The van der Waals surface area contributed by atoms with Crippen molar-refractivity contribution >= 4 is 5.97 Å². The average molecular weight is 185 g/mol. The molecule has 0 aromatic heterocycles. The fourth-order valence-electron chi connectivity index (χ4n) is 1.80. The lowest BCUT2D eigenvalue weighted by Gasteiger charge is -2.11. The summed E-state index contributed by atoms with van der Waals surface area (Å²) in [6.07, 6.45) is 5.28. The molecule has 0 aromatic carbocycles. The Kier molecular flexibility index (Phi) is 4.83. The summed E-state index contributed by atoms with van der Waals surface area (Å²) in [5.74, 6) is 0.645. The molecule has 1 aliphatic rings. The number of rotatable bonds is 3. The Labute approximate surface area is 79.8 Å². The molecule has 1 fully saturated rings. The van der Waals surface area contributed by atoms with Crippen LogP contribution >= 0.6 is 0 Å². The van der Waals surface area contributed by atoms with Crippen molar-refractivity contribution in [2.45, 2.75) is 32.1 Å². The molecule has 0 aliphatic carbocycles. The average Bonchev–Trinajstić information content (AvgIpc) is 2.42. The predicted molar refractivity (Wildman–Crippen MR) is 51.5 cm³/mol. The van der Waals surface area contributed by atoms with Crippen LogP contribution in [0.15, 0.2) is 0 Å². The molecule has 0 aromatic rings. The third-order valence-corrected chi connectivity index (χ3v) is 2.68. The van der Waals surface area contributed by atoms with Crippen LogP contribution in [0.5, 0.6) is 0 Å². The monoisotopic (exact) mass is 185 g/mol. The molecular formula is C10H19NO2. The molecule has 76 valence electrons. The first-order valence-corrected chi connectivity index (χ1v) is 5.10.